The highest BCUT2D eigenvalue weighted by Crippen LogP contribution is 2.28. The van der Waals surface area contributed by atoms with E-state index in [9.17, 15) is 13.2 Å². The molecule has 0 bridgehead atoms. The van der Waals surface area contributed by atoms with E-state index in [0.717, 1.165) is 0 Å². The Bertz CT molecular complexity index is 398. The van der Waals surface area contributed by atoms with Gasteiger partial charge in [-0.25, -0.2) is 8.42 Å². The van der Waals surface area contributed by atoms with E-state index in [4.69, 9.17) is 10.8 Å². The van der Waals surface area contributed by atoms with Crippen LogP contribution in [0, 0.1) is 0 Å². The third-order valence-electron chi connectivity index (χ3n) is 2.81. The largest absolute Gasteiger partial charge is 0.480 e. The first-order chi connectivity index (χ1) is 7.01. The lowest BCUT2D eigenvalue weighted by molar-refractivity contribution is -0.142. The molecule has 1 atom stereocenters. The maximum atomic E-state index is 12.0. The molecule has 0 aromatic rings. The molecule has 1 rings (SSSR count). The Morgan fingerprint density at radius 3 is 2.25 bits per heavy atom. The van der Waals surface area contributed by atoms with Crippen LogP contribution < -0.4 is 5.73 Å². The minimum atomic E-state index is -3.49. The van der Waals surface area contributed by atoms with Crippen LogP contribution in [0.25, 0.3) is 0 Å². The maximum Gasteiger partial charge on any atom is 0.325 e. The lowest BCUT2D eigenvalue weighted by Gasteiger charge is -2.27. The zero-order valence-corrected chi connectivity index (χ0v) is 10.5. The van der Waals surface area contributed by atoms with Crippen molar-refractivity contribution in [1.29, 1.82) is 0 Å². The van der Waals surface area contributed by atoms with Crippen LogP contribution in [-0.4, -0.2) is 47.2 Å². The molecular weight excluding hydrogens is 232 g/mol. The topological polar surface area (TPSA) is 101 Å². The zero-order chi connectivity index (χ0) is 12.8. The minimum absolute atomic E-state index is 0.150. The standard InChI is InChI=1S/C9H18N2O4S/c1-8(2,3)16(14,15)11-5-4-9(10,6-11)7(12)13/h4-6,10H2,1-3H3,(H,12,13). The van der Waals surface area contributed by atoms with Gasteiger partial charge in [0.25, 0.3) is 0 Å². The first-order valence-electron chi connectivity index (χ1n) is 5.03. The van der Waals surface area contributed by atoms with Gasteiger partial charge in [0.05, 0.1) is 4.75 Å². The fourth-order valence-electron chi connectivity index (χ4n) is 1.56. The van der Waals surface area contributed by atoms with Gasteiger partial charge in [0.15, 0.2) is 0 Å². The summed E-state index contributed by atoms with van der Waals surface area (Å²) in [6.07, 6.45) is 0.150. The number of carboxylic acids is 1. The lowest BCUT2D eigenvalue weighted by Crippen LogP contribution is -2.52. The van der Waals surface area contributed by atoms with Crippen LogP contribution in [-0.2, 0) is 14.8 Å². The molecular formula is C9H18N2O4S. The molecule has 0 aromatic carbocycles. The van der Waals surface area contributed by atoms with Gasteiger partial charge in [-0.2, -0.15) is 4.31 Å². The summed E-state index contributed by atoms with van der Waals surface area (Å²) in [5, 5.41) is 8.91. The van der Waals surface area contributed by atoms with Gasteiger partial charge in [0.2, 0.25) is 10.0 Å². The number of carboxylic acid groups (broad SMARTS) is 1. The molecule has 16 heavy (non-hydrogen) atoms. The molecule has 3 N–H and O–H groups in total. The maximum absolute atomic E-state index is 12.0. The zero-order valence-electron chi connectivity index (χ0n) is 9.73. The van der Waals surface area contributed by atoms with E-state index in [2.05, 4.69) is 0 Å². The van der Waals surface area contributed by atoms with Crippen LogP contribution >= 0.6 is 0 Å². The van der Waals surface area contributed by atoms with Gasteiger partial charge < -0.3 is 10.8 Å². The average molecular weight is 250 g/mol. The van der Waals surface area contributed by atoms with E-state index >= 15 is 0 Å². The first-order valence-corrected chi connectivity index (χ1v) is 6.47. The summed E-state index contributed by atoms with van der Waals surface area (Å²) in [4.78, 5) is 10.9. The van der Waals surface area contributed by atoms with Crippen molar-refractivity contribution in [3.8, 4) is 0 Å². The summed E-state index contributed by atoms with van der Waals surface area (Å²) < 4.78 is 24.3. The first kappa shape index (κ1) is 13.4. The molecule has 1 aliphatic rings. The van der Waals surface area contributed by atoms with Crippen LogP contribution in [0.2, 0.25) is 0 Å². The number of carbonyl (C=O) groups is 1. The van der Waals surface area contributed by atoms with E-state index in [-0.39, 0.29) is 19.5 Å². The Morgan fingerprint density at radius 2 is 1.94 bits per heavy atom. The number of hydrogen-bond donors (Lipinski definition) is 2. The summed E-state index contributed by atoms with van der Waals surface area (Å²) in [7, 11) is -3.49. The number of rotatable bonds is 2. The molecule has 0 spiro atoms. The van der Waals surface area contributed by atoms with Gasteiger partial charge in [-0.3, -0.25) is 4.79 Å². The van der Waals surface area contributed by atoms with Crippen molar-refractivity contribution in [1.82, 2.24) is 4.31 Å². The molecule has 6 nitrogen and oxygen atoms in total. The molecule has 0 radical (unpaired) electrons. The number of nitrogens with two attached hydrogens (primary N) is 1. The normalized spacial score (nSPS) is 28.2. The molecule has 1 fully saturated rings. The second-order valence-corrected chi connectivity index (χ2v) is 7.85. The van der Waals surface area contributed by atoms with Crippen molar-refractivity contribution in [2.24, 2.45) is 5.73 Å². The monoisotopic (exact) mass is 250 g/mol. The van der Waals surface area contributed by atoms with E-state index in [0.29, 0.717) is 0 Å². The quantitative estimate of drug-likeness (QED) is 0.694. The van der Waals surface area contributed by atoms with Crippen molar-refractivity contribution in [2.75, 3.05) is 13.1 Å². The SMILES string of the molecule is CC(C)(C)S(=O)(=O)N1CCC(N)(C(=O)O)C1. The highest BCUT2D eigenvalue weighted by molar-refractivity contribution is 7.90. The minimum Gasteiger partial charge on any atom is -0.480 e. The van der Waals surface area contributed by atoms with Crippen LogP contribution in [0.5, 0.6) is 0 Å². The Labute approximate surface area is 95.5 Å². The molecule has 1 heterocycles. The molecule has 1 unspecified atom stereocenters. The molecule has 0 saturated carbocycles. The summed E-state index contributed by atoms with van der Waals surface area (Å²) >= 11 is 0. The third-order valence-corrected chi connectivity index (χ3v) is 5.34. The second kappa shape index (κ2) is 3.68. The van der Waals surface area contributed by atoms with Crippen LogP contribution in [0.4, 0.5) is 0 Å². The predicted octanol–water partition coefficient (Wildman–Crippen LogP) is -0.397. The summed E-state index contributed by atoms with van der Waals surface area (Å²) in [5.41, 5.74) is 4.18. The molecule has 0 aliphatic carbocycles. The predicted molar refractivity (Wildman–Crippen MR) is 59.4 cm³/mol. The molecule has 7 heteroatoms. The molecule has 1 saturated heterocycles. The van der Waals surface area contributed by atoms with E-state index in [1.54, 1.807) is 20.8 Å². The summed E-state index contributed by atoms with van der Waals surface area (Å²) in [6, 6.07) is 0. The van der Waals surface area contributed by atoms with Gasteiger partial charge in [-0.15, -0.1) is 0 Å². The molecule has 0 amide bonds. The second-order valence-electron chi connectivity index (χ2n) is 5.16. The van der Waals surface area contributed by atoms with Gasteiger partial charge >= 0.3 is 5.97 Å². The van der Waals surface area contributed by atoms with E-state index in [1.165, 1.54) is 4.31 Å². The van der Waals surface area contributed by atoms with Gasteiger partial charge in [0.1, 0.15) is 5.54 Å². The van der Waals surface area contributed by atoms with E-state index < -0.39 is 26.3 Å². The van der Waals surface area contributed by atoms with Crippen LogP contribution in [0.15, 0.2) is 0 Å². The van der Waals surface area contributed by atoms with Crippen molar-refractivity contribution >= 4 is 16.0 Å². The molecule has 1 aliphatic heterocycles. The Hall–Kier alpha value is -0.660. The fourth-order valence-corrected chi connectivity index (χ4v) is 3.07. The van der Waals surface area contributed by atoms with Gasteiger partial charge in [0, 0.05) is 13.1 Å². The molecule has 0 aromatic heterocycles. The number of sulfonamides is 1. The van der Waals surface area contributed by atoms with Crippen molar-refractivity contribution < 1.29 is 18.3 Å². The third kappa shape index (κ3) is 2.07. The Kier molecular flexibility index (Phi) is 3.08. The van der Waals surface area contributed by atoms with E-state index in [1.807, 2.05) is 0 Å². The number of hydrogen-bond acceptors (Lipinski definition) is 4. The highest BCUT2D eigenvalue weighted by Gasteiger charge is 2.48. The highest BCUT2D eigenvalue weighted by atomic mass is 32.2. The fraction of sp³-hybridized carbons (Fsp3) is 0.889. The van der Waals surface area contributed by atoms with Crippen molar-refractivity contribution in [3.05, 3.63) is 0 Å². The van der Waals surface area contributed by atoms with Crippen molar-refractivity contribution in [2.45, 2.75) is 37.5 Å². The van der Waals surface area contributed by atoms with Crippen LogP contribution in [0.3, 0.4) is 0 Å². The average Bonchev–Trinajstić information content (AvgIpc) is 2.47. The van der Waals surface area contributed by atoms with Gasteiger partial charge in [-0.1, -0.05) is 0 Å². The number of nitrogens with zero attached hydrogens (tertiary/aromatic N) is 1. The number of aliphatic carboxylic acids is 1. The van der Waals surface area contributed by atoms with Crippen molar-refractivity contribution in [3.63, 3.8) is 0 Å². The van der Waals surface area contributed by atoms with Gasteiger partial charge in [-0.05, 0) is 27.2 Å². The lowest BCUT2D eigenvalue weighted by atomic mass is 10.0. The Morgan fingerprint density at radius 1 is 1.44 bits per heavy atom. The molecule has 94 valence electrons. The smallest absolute Gasteiger partial charge is 0.325 e. The summed E-state index contributed by atoms with van der Waals surface area (Å²) in [6.45, 7) is 4.77. The Balaban J connectivity index is 2.95. The summed E-state index contributed by atoms with van der Waals surface area (Å²) in [5.74, 6) is -1.15. The van der Waals surface area contributed by atoms with Crippen LogP contribution in [0.1, 0.15) is 27.2 Å².